The average molecular weight is 375 g/mol. The molecule has 3 rings (SSSR count). The van der Waals surface area contributed by atoms with E-state index < -0.39 is 5.97 Å². The molecule has 1 aliphatic heterocycles. The summed E-state index contributed by atoms with van der Waals surface area (Å²) in [4.78, 5) is 39.9. The van der Waals surface area contributed by atoms with E-state index in [4.69, 9.17) is 14.6 Å². The number of likely N-dealkylation sites (tertiary alicyclic amines) is 1. The van der Waals surface area contributed by atoms with Crippen molar-refractivity contribution in [3.63, 3.8) is 0 Å². The summed E-state index contributed by atoms with van der Waals surface area (Å²) in [6.45, 7) is 6.20. The maximum absolute atomic E-state index is 12.8. The monoisotopic (exact) mass is 375 g/mol. The number of imidazole rings is 1. The van der Waals surface area contributed by atoms with Crippen molar-refractivity contribution >= 4 is 23.5 Å². The van der Waals surface area contributed by atoms with Crippen molar-refractivity contribution < 1.29 is 24.2 Å². The number of aromatic nitrogens is 2. The molecule has 0 aromatic carbocycles. The molecule has 1 saturated heterocycles. The van der Waals surface area contributed by atoms with Gasteiger partial charge in [-0.3, -0.25) is 14.4 Å². The normalized spacial score (nSPS) is 16.4. The molecule has 2 aromatic heterocycles. The van der Waals surface area contributed by atoms with Crippen LogP contribution in [0.3, 0.4) is 0 Å². The fourth-order valence-corrected chi connectivity index (χ4v) is 3.08. The molecule has 1 amide bonds. The van der Waals surface area contributed by atoms with Crippen molar-refractivity contribution in [2.45, 2.75) is 33.6 Å². The number of hydrogen-bond acceptors (Lipinski definition) is 5. The molecule has 3 heterocycles. The number of pyridine rings is 1. The molecule has 146 valence electrons. The summed E-state index contributed by atoms with van der Waals surface area (Å²) in [5, 5.41) is 7.42. The van der Waals surface area contributed by atoms with Crippen molar-refractivity contribution in [1.82, 2.24) is 14.3 Å². The Balaban J connectivity index is 0.000000596. The van der Waals surface area contributed by atoms with Crippen molar-refractivity contribution in [1.29, 1.82) is 0 Å². The Morgan fingerprint density at radius 1 is 1.33 bits per heavy atom. The van der Waals surface area contributed by atoms with E-state index in [2.05, 4.69) is 4.98 Å². The Bertz CT molecular complexity index is 826. The summed E-state index contributed by atoms with van der Waals surface area (Å²) in [6, 6.07) is 5.68. The first-order chi connectivity index (χ1) is 12.8. The Hall–Kier alpha value is -2.90. The zero-order chi connectivity index (χ0) is 20.0. The van der Waals surface area contributed by atoms with Crippen LogP contribution in [-0.2, 0) is 14.3 Å². The molecule has 8 nitrogen and oxygen atoms in total. The van der Waals surface area contributed by atoms with Gasteiger partial charge in [-0.15, -0.1) is 0 Å². The Morgan fingerprint density at radius 3 is 2.67 bits per heavy atom. The van der Waals surface area contributed by atoms with Crippen LogP contribution in [0.15, 0.2) is 24.4 Å². The van der Waals surface area contributed by atoms with Gasteiger partial charge in [-0.25, -0.2) is 4.98 Å². The number of carboxylic acids is 1. The van der Waals surface area contributed by atoms with Crippen molar-refractivity contribution in [2.75, 3.05) is 19.7 Å². The van der Waals surface area contributed by atoms with Crippen molar-refractivity contribution in [3.8, 4) is 0 Å². The lowest BCUT2D eigenvalue weighted by atomic mass is 9.98. The molecule has 1 N–H and O–H groups in total. The zero-order valence-electron chi connectivity index (χ0n) is 15.8. The number of nitrogens with zero attached hydrogens (tertiary/aromatic N) is 3. The third-order valence-corrected chi connectivity index (χ3v) is 4.30. The SMILES string of the molecule is CC(=O)O.CCOC(=O)C1CCCN(C(=O)c2nc3ccccn3c2C)C1. The Morgan fingerprint density at radius 2 is 2.04 bits per heavy atom. The quantitative estimate of drug-likeness (QED) is 0.825. The second kappa shape index (κ2) is 9.16. The second-order valence-electron chi connectivity index (χ2n) is 6.34. The lowest BCUT2D eigenvalue weighted by Gasteiger charge is -2.31. The number of carbonyl (C=O) groups excluding carboxylic acids is 2. The van der Waals surface area contributed by atoms with Crippen LogP contribution in [0, 0.1) is 12.8 Å². The van der Waals surface area contributed by atoms with Crippen LogP contribution < -0.4 is 0 Å². The lowest BCUT2D eigenvalue weighted by Crippen LogP contribution is -2.43. The minimum Gasteiger partial charge on any atom is -0.481 e. The molecule has 0 aliphatic carbocycles. The topological polar surface area (TPSA) is 101 Å². The maximum atomic E-state index is 12.8. The molecule has 27 heavy (non-hydrogen) atoms. The number of carboxylic acid groups (broad SMARTS) is 1. The Labute approximate surface area is 157 Å². The number of hydrogen-bond donors (Lipinski definition) is 1. The summed E-state index contributed by atoms with van der Waals surface area (Å²) in [5.74, 6) is -1.39. The highest BCUT2D eigenvalue weighted by Gasteiger charge is 2.31. The minimum atomic E-state index is -0.833. The highest BCUT2D eigenvalue weighted by molar-refractivity contribution is 5.94. The predicted molar refractivity (Wildman–Crippen MR) is 98.5 cm³/mol. The van der Waals surface area contributed by atoms with E-state index in [9.17, 15) is 9.59 Å². The first-order valence-corrected chi connectivity index (χ1v) is 8.94. The molecule has 8 heteroatoms. The fraction of sp³-hybridized carbons (Fsp3) is 0.474. The van der Waals surface area contributed by atoms with E-state index in [1.54, 1.807) is 11.8 Å². The third kappa shape index (κ3) is 5.06. The first kappa shape index (κ1) is 20.4. The molecule has 0 spiro atoms. The number of esters is 1. The summed E-state index contributed by atoms with van der Waals surface area (Å²) < 4.78 is 6.99. The standard InChI is InChI=1S/C17H21N3O3.C2H4O2/c1-3-23-17(22)13-7-6-9-19(11-13)16(21)15-12(2)20-10-5-4-8-14(20)18-15;1-2(3)4/h4-5,8,10,13H,3,6-7,9,11H2,1-2H3;1H3,(H,3,4). The molecule has 0 bridgehead atoms. The van der Waals surface area contributed by atoms with Crippen molar-refractivity contribution in [2.24, 2.45) is 5.92 Å². The van der Waals surface area contributed by atoms with E-state index in [0.717, 1.165) is 31.1 Å². The highest BCUT2D eigenvalue weighted by atomic mass is 16.5. The maximum Gasteiger partial charge on any atom is 0.310 e. The second-order valence-corrected chi connectivity index (χ2v) is 6.34. The molecule has 1 atom stereocenters. The van der Waals surface area contributed by atoms with Gasteiger partial charge >= 0.3 is 5.97 Å². The summed E-state index contributed by atoms with van der Waals surface area (Å²) in [6.07, 6.45) is 3.47. The van der Waals surface area contributed by atoms with Crippen LogP contribution in [0.4, 0.5) is 0 Å². The van der Waals surface area contributed by atoms with Crippen LogP contribution in [0.25, 0.3) is 5.65 Å². The van der Waals surface area contributed by atoms with E-state index in [1.807, 2.05) is 35.7 Å². The van der Waals surface area contributed by atoms with Gasteiger partial charge in [0.1, 0.15) is 11.3 Å². The van der Waals surface area contributed by atoms with Gasteiger partial charge in [0.05, 0.1) is 18.2 Å². The number of aryl methyl sites for hydroxylation is 1. The molecule has 1 fully saturated rings. The van der Waals surface area contributed by atoms with Gasteiger partial charge in [0.25, 0.3) is 11.9 Å². The number of piperidine rings is 1. The number of amides is 1. The van der Waals surface area contributed by atoms with Crippen molar-refractivity contribution in [3.05, 3.63) is 35.8 Å². The number of rotatable bonds is 3. The molecule has 1 aliphatic rings. The predicted octanol–water partition coefficient (Wildman–Crippen LogP) is 2.15. The molecule has 2 aromatic rings. The van der Waals surface area contributed by atoms with Gasteiger partial charge in [0.2, 0.25) is 0 Å². The highest BCUT2D eigenvalue weighted by Crippen LogP contribution is 2.21. The van der Waals surface area contributed by atoms with Gasteiger partial charge in [0, 0.05) is 26.2 Å². The first-order valence-electron chi connectivity index (χ1n) is 8.94. The zero-order valence-corrected chi connectivity index (χ0v) is 15.8. The number of ether oxygens (including phenoxy) is 1. The molecule has 0 saturated carbocycles. The van der Waals surface area contributed by atoms with Gasteiger partial charge in [-0.05, 0) is 38.8 Å². The van der Waals surface area contributed by atoms with Gasteiger partial charge < -0.3 is 19.1 Å². The number of fused-ring (bicyclic) bond motifs is 1. The van der Waals surface area contributed by atoms with Crippen LogP contribution in [0.2, 0.25) is 0 Å². The van der Waals surface area contributed by atoms with Gasteiger partial charge in [0.15, 0.2) is 0 Å². The van der Waals surface area contributed by atoms with E-state index in [0.29, 0.717) is 25.4 Å². The van der Waals surface area contributed by atoms with Crippen LogP contribution >= 0.6 is 0 Å². The summed E-state index contributed by atoms with van der Waals surface area (Å²) in [5.41, 5.74) is 2.04. The third-order valence-electron chi connectivity index (χ3n) is 4.30. The lowest BCUT2D eigenvalue weighted by molar-refractivity contribution is -0.149. The largest absolute Gasteiger partial charge is 0.481 e. The number of aliphatic carboxylic acids is 1. The minimum absolute atomic E-state index is 0.111. The van der Waals surface area contributed by atoms with Crippen LogP contribution in [-0.4, -0.2) is 56.9 Å². The van der Waals surface area contributed by atoms with E-state index >= 15 is 0 Å². The fourth-order valence-electron chi connectivity index (χ4n) is 3.08. The molecular weight excluding hydrogens is 350 g/mol. The Kier molecular flexibility index (Phi) is 6.92. The number of carbonyl (C=O) groups is 3. The molecule has 1 unspecified atom stereocenters. The summed E-state index contributed by atoms with van der Waals surface area (Å²) in [7, 11) is 0. The van der Waals surface area contributed by atoms with Crippen LogP contribution in [0.1, 0.15) is 42.9 Å². The van der Waals surface area contributed by atoms with Gasteiger partial charge in [-0.2, -0.15) is 0 Å². The smallest absolute Gasteiger partial charge is 0.310 e. The molecule has 0 radical (unpaired) electrons. The van der Waals surface area contributed by atoms with E-state index in [1.165, 1.54) is 0 Å². The molecular formula is C19H25N3O5. The van der Waals surface area contributed by atoms with Crippen LogP contribution in [0.5, 0.6) is 0 Å². The summed E-state index contributed by atoms with van der Waals surface area (Å²) >= 11 is 0. The average Bonchev–Trinajstić information content (AvgIpc) is 2.98. The van der Waals surface area contributed by atoms with Gasteiger partial charge in [-0.1, -0.05) is 6.07 Å². The van der Waals surface area contributed by atoms with E-state index in [-0.39, 0.29) is 17.8 Å².